The largest absolute Gasteiger partial charge is 0.462 e. The second-order valence-corrected chi connectivity index (χ2v) is 8.88. The maximum Gasteiger partial charge on any atom is 0.309 e. The summed E-state index contributed by atoms with van der Waals surface area (Å²) in [6, 6.07) is 20.6. The Balaban J connectivity index is 1.75. The summed E-state index contributed by atoms with van der Waals surface area (Å²) in [6.07, 6.45) is 4.92. The molecule has 1 aliphatic carbocycles. The van der Waals surface area contributed by atoms with Crippen LogP contribution in [0.5, 0.6) is 0 Å². The maximum atomic E-state index is 13.3. The molecular formula is C26H34O2. The van der Waals surface area contributed by atoms with Crippen molar-refractivity contribution in [3.8, 4) is 0 Å². The van der Waals surface area contributed by atoms with Crippen molar-refractivity contribution in [3.05, 3.63) is 71.8 Å². The lowest BCUT2D eigenvalue weighted by Crippen LogP contribution is -2.38. The molecule has 0 bridgehead atoms. The Hall–Kier alpha value is -2.09. The van der Waals surface area contributed by atoms with Crippen LogP contribution in [0, 0.1) is 23.7 Å². The van der Waals surface area contributed by atoms with Gasteiger partial charge in [-0.15, -0.1) is 0 Å². The minimum Gasteiger partial charge on any atom is -0.462 e. The van der Waals surface area contributed by atoms with Gasteiger partial charge in [0, 0.05) is 0 Å². The lowest BCUT2D eigenvalue weighted by atomic mass is 9.75. The summed E-state index contributed by atoms with van der Waals surface area (Å²) in [7, 11) is 0. The first-order chi connectivity index (χ1) is 13.5. The second-order valence-electron chi connectivity index (χ2n) is 8.88. The van der Waals surface area contributed by atoms with Crippen molar-refractivity contribution in [3.63, 3.8) is 0 Å². The molecule has 2 aromatic carbocycles. The summed E-state index contributed by atoms with van der Waals surface area (Å²) in [5, 5.41) is 0. The number of carbonyl (C=O) groups excluding carboxylic acids is 1. The predicted molar refractivity (Wildman–Crippen MR) is 115 cm³/mol. The zero-order valence-electron chi connectivity index (χ0n) is 17.5. The van der Waals surface area contributed by atoms with E-state index in [4.69, 9.17) is 4.74 Å². The SMILES string of the molecule is CC1CCC(C(C)C)C(OC(=O)C(Cc2ccccc2)Cc2ccccc2)C1. The van der Waals surface area contributed by atoms with Gasteiger partial charge in [0.05, 0.1) is 5.92 Å². The number of esters is 1. The lowest BCUT2D eigenvalue weighted by Gasteiger charge is -2.37. The van der Waals surface area contributed by atoms with Gasteiger partial charge in [0.2, 0.25) is 0 Å². The van der Waals surface area contributed by atoms with Gasteiger partial charge in [-0.2, -0.15) is 0 Å². The van der Waals surface area contributed by atoms with Crippen molar-refractivity contribution in [2.75, 3.05) is 0 Å². The third-order valence-electron chi connectivity index (χ3n) is 6.21. The van der Waals surface area contributed by atoms with Gasteiger partial charge >= 0.3 is 5.97 Å². The highest BCUT2D eigenvalue weighted by atomic mass is 16.5. The van der Waals surface area contributed by atoms with E-state index >= 15 is 0 Å². The summed E-state index contributed by atoms with van der Waals surface area (Å²) in [5.41, 5.74) is 2.38. The molecule has 0 heterocycles. The zero-order chi connectivity index (χ0) is 19.9. The number of benzene rings is 2. The molecule has 0 spiro atoms. The van der Waals surface area contributed by atoms with Crippen LogP contribution < -0.4 is 0 Å². The predicted octanol–water partition coefficient (Wildman–Crippen LogP) is 6.09. The van der Waals surface area contributed by atoms with E-state index in [-0.39, 0.29) is 18.0 Å². The van der Waals surface area contributed by atoms with E-state index in [1.165, 1.54) is 24.0 Å². The first-order valence-corrected chi connectivity index (χ1v) is 10.8. The van der Waals surface area contributed by atoms with Crippen LogP contribution in [0.3, 0.4) is 0 Å². The molecule has 3 atom stereocenters. The quantitative estimate of drug-likeness (QED) is 0.545. The number of hydrogen-bond donors (Lipinski definition) is 0. The van der Waals surface area contributed by atoms with Crippen molar-refractivity contribution in [2.45, 2.75) is 59.0 Å². The average molecular weight is 379 g/mol. The monoisotopic (exact) mass is 378 g/mol. The molecule has 2 nitrogen and oxygen atoms in total. The number of rotatable bonds is 7. The molecule has 2 heteroatoms. The Morgan fingerprint density at radius 3 is 1.96 bits per heavy atom. The molecule has 0 saturated heterocycles. The Morgan fingerprint density at radius 2 is 1.46 bits per heavy atom. The zero-order valence-corrected chi connectivity index (χ0v) is 17.5. The van der Waals surface area contributed by atoms with Gasteiger partial charge in [-0.25, -0.2) is 0 Å². The summed E-state index contributed by atoms with van der Waals surface area (Å²) in [4.78, 5) is 13.3. The molecule has 0 N–H and O–H groups in total. The van der Waals surface area contributed by atoms with Gasteiger partial charge in [-0.1, -0.05) is 87.9 Å². The molecular weight excluding hydrogens is 344 g/mol. The van der Waals surface area contributed by atoms with E-state index in [2.05, 4.69) is 45.0 Å². The average Bonchev–Trinajstić information content (AvgIpc) is 2.69. The van der Waals surface area contributed by atoms with Crippen molar-refractivity contribution >= 4 is 5.97 Å². The van der Waals surface area contributed by atoms with Gasteiger partial charge < -0.3 is 4.74 Å². The second kappa shape index (κ2) is 9.91. The van der Waals surface area contributed by atoms with Gasteiger partial charge in [0.1, 0.15) is 6.10 Å². The first-order valence-electron chi connectivity index (χ1n) is 10.8. The smallest absolute Gasteiger partial charge is 0.309 e. The maximum absolute atomic E-state index is 13.3. The van der Waals surface area contributed by atoms with E-state index in [0.29, 0.717) is 17.8 Å². The van der Waals surface area contributed by atoms with E-state index in [9.17, 15) is 4.79 Å². The topological polar surface area (TPSA) is 26.3 Å². The van der Waals surface area contributed by atoms with E-state index in [1.807, 2.05) is 36.4 Å². The first kappa shape index (κ1) is 20.6. The van der Waals surface area contributed by atoms with E-state index in [1.54, 1.807) is 0 Å². The molecule has 1 saturated carbocycles. The molecule has 0 radical (unpaired) electrons. The van der Waals surface area contributed by atoms with Crippen LogP contribution >= 0.6 is 0 Å². The summed E-state index contributed by atoms with van der Waals surface area (Å²) in [6.45, 7) is 6.79. The minimum absolute atomic E-state index is 0.0301. The van der Waals surface area contributed by atoms with Crippen LogP contribution in [0.15, 0.2) is 60.7 Å². The van der Waals surface area contributed by atoms with Crippen molar-refractivity contribution in [2.24, 2.45) is 23.7 Å². The summed E-state index contributed by atoms with van der Waals surface area (Å²) < 4.78 is 6.20. The fourth-order valence-electron chi connectivity index (χ4n) is 4.53. The number of hydrogen-bond acceptors (Lipinski definition) is 2. The minimum atomic E-state index is -0.144. The highest BCUT2D eigenvalue weighted by Crippen LogP contribution is 2.36. The standard InChI is InChI=1S/C26H34O2/c1-19(2)24-15-14-20(3)16-25(24)28-26(27)23(17-21-10-6-4-7-11-21)18-22-12-8-5-9-13-22/h4-13,19-20,23-25H,14-18H2,1-3H3. The van der Waals surface area contributed by atoms with E-state index in [0.717, 1.165) is 19.3 Å². The van der Waals surface area contributed by atoms with Crippen LogP contribution in [0.2, 0.25) is 0 Å². The Kier molecular flexibility index (Phi) is 7.30. The normalized spacial score (nSPS) is 22.4. The molecule has 1 fully saturated rings. The number of carbonyl (C=O) groups is 1. The van der Waals surface area contributed by atoms with E-state index < -0.39 is 0 Å². The molecule has 150 valence electrons. The van der Waals surface area contributed by atoms with Crippen molar-refractivity contribution in [1.82, 2.24) is 0 Å². The van der Waals surface area contributed by atoms with Crippen LogP contribution in [-0.2, 0) is 22.4 Å². The summed E-state index contributed by atoms with van der Waals surface area (Å²) >= 11 is 0. The molecule has 3 rings (SSSR count). The third kappa shape index (κ3) is 5.70. The summed E-state index contributed by atoms with van der Waals surface area (Å²) in [5.74, 6) is 1.49. The van der Waals surface area contributed by atoms with Crippen LogP contribution in [0.1, 0.15) is 51.2 Å². The Bertz CT molecular complexity index is 681. The van der Waals surface area contributed by atoms with Gasteiger partial charge in [-0.05, 0) is 54.6 Å². The fraction of sp³-hybridized carbons (Fsp3) is 0.500. The van der Waals surface area contributed by atoms with Crippen LogP contribution in [0.4, 0.5) is 0 Å². The Morgan fingerprint density at radius 1 is 0.929 bits per heavy atom. The molecule has 0 aliphatic heterocycles. The molecule has 28 heavy (non-hydrogen) atoms. The molecule has 2 aromatic rings. The van der Waals surface area contributed by atoms with Crippen molar-refractivity contribution < 1.29 is 9.53 Å². The van der Waals surface area contributed by atoms with Gasteiger partial charge in [-0.3, -0.25) is 4.79 Å². The number of ether oxygens (including phenoxy) is 1. The highest BCUT2D eigenvalue weighted by molar-refractivity contribution is 5.73. The van der Waals surface area contributed by atoms with Gasteiger partial charge in [0.25, 0.3) is 0 Å². The molecule has 0 aromatic heterocycles. The molecule has 1 aliphatic rings. The molecule has 0 amide bonds. The van der Waals surface area contributed by atoms with Crippen LogP contribution in [0.25, 0.3) is 0 Å². The van der Waals surface area contributed by atoms with Gasteiger partial charge in [0.15, 0.2) is 0 Å². The third-order valence-corrected chi connectivity index (χ3v) is 6.21. The molecule has 3 unspecified atom stereocenters. The fourth-order valence-corrected chi connectivity index (χ4v) is 4.53. The highest BCUT2D eigenvalue weighted by Gasteiger charge is 2.35. The Labute approximate surface area is 170 Å². The van der Waals surface area contributed by atoms with Crippen molar-refractivity contribution in [1.29, 1.82) is 0 Å². The van der Waals surface area contributed by atoms with Crippen LogP contribution in [-0.4, -0.2) is 12.1 Å². The lowest BCUT2D eigenvalue weighted by molar-refractivity contribution is -0.161.